The smallest absolute Gasteiger partial charge is 0.147 e. The predicted molar refractivity (Wildman–Crippen MR) is 68.1 cm³/mol. The van der Waals surface area contributed by atoms with Gasteiger partial charge in [0.05, 0.1) is 12.0 Å². The molecule has 1 saturated heterocycles. The van der Waals surface area contributed by atoms with Crippen molar-refractivity contribution in [2.45, 2.75) is 25.3 Å². The zero-order chi connectivity index (χ0) is 12.4. The molecule has 0 spiro atoms. The molecule has 1 aromatic heterocycles. The van der Waals surface area contributed by atoms with E-state index in [9.17, 15) is 4.39 Å². The first-order chi connectivity index (χ1) is 8.84. The number of rotatable bonds is 2. The zero-order valence-electron chi connectivity index (χ0n) is 10.1. The van der Waals surface area contributed by atoms with Crippen LogP contribution < -0.4 is 5.32 Å². The largest absolute Gasteiger partial charge is 0.310 e. The highest BCUT2D eigenvalue weighted by atomic mass is 19.1. The van der Waals surface area contributed by atoms with Gasteiger partial charge >= 0.3 is 0 Å². The summed E-state index contributed by atoms with van der Waals surface area (Å²) in [5.41, 5.74) is 1.59. The Morgan fingerprint density at radius 3 is 2.94 bits per heavy atom. The first-order valence-electron chi connectivity index (χ1n) is 6.36. The lowest BCUT2D eigenvalue weighted by molar-refractivity contribution is 0.411. The summed E-state index contributed by atoms with van der Waals surface area (Å²) in [6.07, 6.45) is 8.52. The van der Waals surface area contributed by atoms with E-state index in [1.54, 1.807) is 29.4 Å². The van der Waals surface area contributed by atoms with Crippen LogP contribution in [0.4, 0.5) is 4.39 Å². The van der Waals surface area contributed by atoms with Crippen molar-refractivity contribution in [3.63, 3.8) is 0 Å². The molecule has 1 N–H and O–H groups in total. The van der Waals surface area contributed by atoms with E-state index in [0.717, 1.165) is 18.5 Å². The molecule has 2 aromatic rings. The predicted octanol–water partition coefficient (Wildman–Crippen LogP) is 2.83. The topological polar surface area (TPSA) is 29.9 Å². The lowest BCUT2D eigenvalue weighted by atomic mass is 9.97. The summed E-state index contributed by atoms with van der Waals surface area (Å²) in [4.78, 5) is 3.94. The third-order valence-electron chi connectivity index (χ3n) is 3.47. The van der Waals surface area contributed by atoms with E-state index in [1.165, 1.54) is 12.8 Å². The number of piperidine rings is 1. The van der Waals surface area contributed by atoms with Crippen molar-refractivity contribution in [1.82, 2.24) is 14.9 Å². The minimum Gasteiger partial charge on any atom is -0.310 e. The summed E-state index contributed by atoms with van der Waals surface area (Å²) in [6.45, 7) is 1.02. The fraction of sp³-hybridized carbons (Fsp3) is 0.357. The standard InChI is InChI=1S/C14H16FN3/c15-12-9-11(13-3-1-2-6-17-13)4-5-14(12)18-8-7-16-10-18/h4-5,7-10,13,17H,1-3,6H2. The molecule has 1 fully saturated rings. The molecule has 3 rings (SSSR count). The summed E-state index contributed by atoms with van der Waals surface area (Å²) in [5.74, 6) is -0.196. The molecule has 0 bridgehead atoms. The fourth-order valence-corrected chi connectivity index (χ4v) is 2.49. The molecule has 1 aliphatic heterocycles. The van der Waals surface area contributed by atoms with E-state index in [0.29, 0.717) is 11.7 Å². The second-order valence-corrected chi connectivity index (χ2v) is 4.68. The number of hydrogen-bond donors (Lipinski definition) is 1. The quantitative estimate of drug-likeness (QED) is 0.881. The minimum atomic E-state index is -0.196. The molecule has 2 heterocycles. The Morgan fingerprint density at radius 2 is 2.28 bits per heavy atom. The molecule has 94 valence electrons. The number of nitrogens with zero attached hydrogens (tertiary/aromatic N) is 2. The number of imidazole rings is 1. The van der Waals surface area contributed by atoms with Gasteiger partial charge in [-0.15, -0.1) is 0 Å². The second kappa shape index (κ2) is 4.90. The van der Waals surface area contributed by atoms with Crippen molar-refractivity contribution in [1.29, 1.82) is 0 Å². The van der Waals surface area contributed by atoms with E-state index in [4.69, 9.17) is 0 Å². The molecule has 0 amide bonds. The van der Waals surface area contributed by atoms with Crippen molar-refractivity contribution >= 4 is 0 Å². The zero-order valence-corrected chi connectivity index (χ0v) is 10.1. The van der Waals surface area contributed by atoms with Crippen LogP contribution >= 0.6 is 0 Å². The average molecular weight is 245 g/mol. The summed E-state index contributed by atoms with van der Waals surface area (Å²) < 4.78 is 15.8. The summed E-state index contributed by atoms with van der Waals surface area (Å²) in [6, 6.07) is 5.76. The first-order valence-corrected chi connectivity index (χ1v) is 6.36. The van der Waals surface area contributed by atoms with Crippen molar-refractivity contribution in [3.8, 4) is 5.69 Å². The number of benzene rings is 1. The van der Waals surface area contributed by atoms with Crippen molar-refractivity contribution in [3.05, 3.63) is 48.3 Å². The maximum Gasteiger partial charge on any atom is 0.147 e. The Labute approximate surface area is 106 Å². The second-order valence-electron chi connectivity index (χ2n) is 4.68. The van der Waals surface area contributed by atoms with E-state index in [1.807, 2.05) is 12.1 Å². The van der Waals surface area contributed by atoms with Crippen LogP contribution in [0.5, 0.6) is 0 Å². The van der Waals surface area contributed by atoms with Crippen molar-refractivity contribution in [2.24, 2.45) is 0 Å². The van der Waals surface area contributed by atoms with Crippen LogP contribution in [0, 0.1) is 5.82 Å². The lowest BCUT2D eigenvalue weighted by Crippen LogP contribution is -2.26. The van der Waals surface area contributed by atoms with Gasteiger partial charge in [0.25, 0.3) is 0 Å². The molecule has 1 aliphatic rings. The Kier molecular flexibility index (Phi) is 3.11. The Hall–Kier alpha value is -1.68. The van der Waals surface area contributed by atoms with Crippen LogP contribution in [0.1, 0.15) is 30.9 Å². The molecular weight excluding hydrogens is 229 g/mol. The minimum absolute atomic E-state index is 0.196. The monoisotopic (exact) mass is 245 g/mol. The Balaban J connectivity index is 1.89. The van der Waals surface area contributed by atoms with Crippen molar-refractivity contribution in [2.75, 3.05) is 6.54 Å². The van der Waals surface area contributed by atoms with Crippen LogP contribution in [0.15, 0.2) is 36.9 Å². The van der Waals surface area contributed by atoms with E-state index >= 15 is 0 Å². The van der Waals surface area contributed by atoms with Crippen LogP contribution in [0.2, 0.25) is 0 Å². The van der Waals surface area contributed by atoms with E-state index in [-0.39, 0.29) is 5.82 Å². The highest BCUT2D eigenvalue weighted by molar-refractivity contribution is 5.37. The number of halogens is 1. The van der Waals surface area contributed by atoms with Crippen LogP contribution in [-0.2, 0) is 0 Å². The molecule has 0 saturated carbocycles. The van der Waals surface area contributed by atoms with Crippen LogP contribution in [0.25, 0.3) is 5.69 Å². The molecule has 1 aromatic carbocycles. The first kappa shape index (κ1) is 11.4. The van der Waals surface area contributed by atoms with Gasteiger partial charge < -0.3 is 9.88 Å². The molecule has 0 aliphatic carbocycles. The van der Waals surface area contributed by atoms with Crippen LogP contribution in [-0.4, -0.2) is 16.1 Å². The Bertz CT molecular complexity index is 516. The normalized spacial score (nSPS) is 19.9. The highest BCUT2D eigenvalue weighted by Gasteiger charge is 2.16. The van der Waals surface area contributed by atoms with E-state index in [2.05, 4.69) is 10.3 Å². The Morgan fingerprint density at radius 1 is 1.33 bits per heavy atom. The van der Waals surface area contributed by atoms with Gasteiger partial charge in [-0.05, 0) is 37.1 Å². The summed E-state index contributed by atoms with van der Waals surface area (Å²) in [5, 5.41) is 3.43. The van der Waals surface area contributed by atoms with Gasteiger partial charge in [-0.1, -0.05) is 12.5 Å². The SMILES string of the molecule is Fc1cc(C2CCCCN2)ccc1-n1ccnc1. The van der Waals surface area contributed by atoms with Gasteiger partial charge in [0.1, 0.15) is 5.82 Å². The highest BCUT2D eigenvalue weighted by Crippen LogP contribution is 2.25. The summed E-state index contributed by atoms with van der Waals surface area (Å²) in [7, 11) is 0. The third kappa shape index (κ3) is 2.16. The third-order valence-corrected chi connectivity index (χ3v) is 3.47. The maximum absolute atomic E-state index is 14.1. The number of nitrogens with one attached hydrogen (secondary N) is 1. The van der Waals surface area contributed by atoms with Gasteiger partial charge in [0.15, 0.2) is 0 Å². The molecule has 18 heavy (non-hydrogen) atoms. The molecule has 1 unspecified atom stereocenters. The lowest BCUT2D eigenvalue weighted by Gasteiger charge is -2.24. The molecule has 0 radical (unpaired) electrons. The summed E-state index contributed by atoms with van der Waals surface area (Å²) >= 11 is 0. The number of aromatic nitrogens is 2. The van der Waals surface area contributed by atoms with Gasteiger partial charge in [-0.25, -0.2) is 9.37 Å². The van der Waals surface area contributed by atoms with E-state index < -0.39 is 0 Å². The van der Waals surface area contributed by atoms with Gasteiger partial charge in [-0.2, -0.15) is 0 Å². The number of hydrogen-bond acceptors (Lipinski definition) is 2. The molecule has 1 atom stereocenters. The van der Waals surface area contributed by atoms with Gasteiger partial charge in [0.2, 0.25) is 0 Å². The van der Waals surface area contributed by atoms with Gasteiger partial charge in [-0.3, -0.25) is 0 Å². The molecular formula is C14H16FN3. The van der Waals surface area contributed by atoms with Gasteiger partial charge in [0, 0.05) is 18.4 Å². The molecule has 3 nitrogen and oxygen atoms in total. The maximum atomic E-state index is 14.1. The van der Waals surface area contributed by atoms with Crippen LogP contribution in [0.3, 0.4) is 0 Å². The molecule has 4 heteroatoms. The fourth-order valence-electron chi connectivity index (χ4n) is 2.49. The average Bonchev–Trinajstić information content (AvgIpc) is 2.93. The van der Waals surface area contributed by atoms with Crippen molar-refractivity contribution < 1.29 is 4.39 Å².